The first kappa shape index (κ1) is 25.6. The van der Waals surface area contributed by atoms with E-state index in [4.69, 9.17) is 4.74 Å². The van der Waals surface area contributed by atoms with Crippen molar-refractivity contribution in [1.82, 2.24) is 19.4 Å². The summed E-state index contributed by atoms with van der Waals surface area (Å²) in [7, 11) is -1.98. The molecule has 1 N–H and O–H groups in total. The van der Waals surface area contributed by atoms with Gasteiger partial charge >= 0.3 is 6.03 Å². The fourth-order valence-electron chi connectivity index (χ4n) is 4.61. The molecule has 0 bridgehead atoms. The number of carbonyl (C=O) groups excluding carboxylic acids is 3. The number of hydrogen-bond donors (Lipinski definition) is 1. The highest BCUT2D eigenvalue weighted by molar-refractivity contribution is 7.88. The molecule has 2 aliphatic heterocycles. The predicted molar refractivity (Wildman–Crippen MR) is 132 cm³/mol. The van der Waals surface area contributed by atoms with Gasteiger partial charge in [0, 0.05) is 26.2 Å². The van der Waals surface area contributed by atoms with Crippen molar-refractivity contribution in [2.75, 3.05) is 39.8 Å². The number of carbonyl (C=O) groups is 3. The van der Waals surface area contributed by atoms with Crippen LogP contribution in [0.1, 0.15) is 24.5 Å². The summed E-state index contributed by atoms with van der Waals surface area (Å²) < 4.78 is 32.1. The number of nitrogens with one attached hydrogen (secondary N) is 1. The maximum atomic E-state index is 13.4. The van der Waals surface area contributed by atoms with Gasteiger partial charge in [0.05, 0.1) is 12.9 Å². The summed E-state index contributed by atoms with van der Waals surface area (Å²) >= 11 is 0. The van der Waals surface area contributed by atoms with Gasteiger partial charge < -0.3 is 15.0 Å². The molecule has 0 spiro atoms. The van der Waals surface area contributed by atoms with Gasteiger partial charge in [0.25, 0.3) is 5.91 Å². The highest BCUT2D eigenvalue weighted by Crippen LogP contribution is 2.33. The smallest absolute Gasteiger partial charge is 0.325 e. The minimum Gasteiger partial charge on any atom is -0.497 e. The Hall–Kier alpha value is -3.44. The van der Waals surface area contributed by atoms with Crippen molar-refractivity contribution in [3.05, 3.63) is 65.7 Å². The number of hydrogen-bond acceptors (Lipinski definition) is 6. The summed E-state index contributed by atoms with van der Waals surface area (Å²) in [6.07, 6.45) is 0.312. The second-order valence-corrected chi connectivity index (χ2v) is 10.8. The van der Waals surface area contributed by atoms with E-state index in [1.165, 1.54) is 9.21 Å². The van der Waals surface area contributed by atoms with Crippen LogP contribution in [0.2, 0.25) is 0 Å². The van der Waals surface area contributed by atoms with Gasteiger partial charge in [0.15, 0.2) is 0 Å². The molecule has 11 heteroatoms. The molecule has 2 aromatic carbocycles. The monoisotopic (exact) mass is 514 g/mol. The Morgan fingerprint density at radius 2 is 1.64 bits per heavy atom. The van der Waals surface area contributed by atoms with E-state index in [-0.39, 0.29) is 31.9 Å². The third-order valence-electron chi connectivity index (χ3n) is 6.76. The number of piperazine rings is 1. The molecule has 2 fully saturated rings. The van der Waals surface area contributed by atoms with Gasteiger partial charge in [-0.1, -0.05) is 49.4 Å². The molecular formula is C25H30N4O6S. The molecule has 0 radical (unpaired) electrons. The number of urea groups is 1. The highest BCUT2D eigenvalue weighted by Gasteiger charge is 2.52. The zero-order valence-corrected chi connectivity index (χ0v) is 21.2. The lowest BCUT2D eigenvalue weighted by Crippen LogP contribution is -2.53. The molecule has 1 atom stereocenters. The Labute approximate surface area is 210 Å². The minimum atomic E-state index is -3.52. The van der Waals surface area contributed by atoms with Gasteiger partial charge in [-0.3, -0.25) is 14.5 Å². The quantitative estimate of drug-likeness (QED) is 0.534. The average Bonchev–Trinajstić information content (AvgIpc) is 3.14. The lowest BCUT2D eigenvalue weighted by molar-refractivity contribution is -0.139. The molecule has 192 valence electrons. The first-order valence-electron chi connectivity index (χ1n) is 11.8. The molecule has 0 saturated carbocycles. The summed E-state index contributed by atoms with van der Waals surface area (Å²) in [5.41, 5.74) is 0.0515. The normalized spacial score (nSPS) is 20.9. The molecule has 2 saturated heterocycles. The zero-order chi connectivity index (χ0) is 25.9. The molecular weight excluding hydrogens is 484 g/mol. The third-order valence-corrected chi connectivity index (χ3v) is 8.61. The van der Waals surface area contributed by atoms with Gasteiger partial charge in [0.2, 0.25) is 15.9 Å². The van der Waals surface area contributed by atoms with Crippen LogP contribution >= 0.6 is 0 Å². The summed E-state index contributed by atoms with van der Waals surface area (Å²) in [6, 6.07) is 15.2. The molecule has 0 aliphatic carbocycles. The maximum Gasteiger partial charge on any atom is 0.325 e. The Morgan fingerprint density at radius 1 is 1.00 bits per heavy atom. The predicted octanol–water partition coefficient (Wildman–Crippen LogP) is 1.53. The van der Waals surface area contributed by atoms with Crippen LogP contribution in [0.3, 0.4) is 0 Å². The molecule has 4 rings (SSSR count). The van der Waals surface area contributed by atoms with E-state index in [1.54, 1.807) is 62.6 Å². The fourth-order valence-corrected chi connectivity index (χ4v) is 6.13. The maximum absolute atomic E-state index is 13.4. The van der Waals surface area contributed by atoms with Crippen LogP contribution in [0.5, 0.6) is 5.75 Å². The minimum absolute atomic E-state index is 0.102. The van der Waals surface area contributed by atoms with Gasteiger partial charge in [-0.15, -0.1) is 0 Å². The van der Waals surface area contributed by atoms with E-state index in [0.717, 1.165) is 4.90 Å². The van der Waals surface area contributed by atoms with Crippen molar-refractivity contribution in [2.24, 2.45) is 0 Å². The number of benzene rings is 2. The van der Waals surface area contributed by atoms with Crippen LogP contribution in [-0.2, 0) is 30.9 Å². The lowest BCUT2D eigenvalue weighted by atomic mass is 9.87. The third kappa shape index (κ3) is 4.93. The van der Waals surface area contributed by atoms with E-state index in [1.807, 2.05) is 6.07 Å². The van der Waals surface area contributed by atoms with E-state index < -0.39 is 40.0 Å². The molecule has 2 aromatic rings. The van der Waals surface area contributed by atoms with Crippen molar-refractivity contribution >= 4 is 27.9 Å². The number of rotatable bonds is 8. The van der Waals surface area contributed by atoms with E-state index in [2.05, 4.69) is 5.32 Å². The molecule has 4 amide bonds. The Balaban J connectivity index is 1.38. The van der Waals surface area contributed by atoms with E-state index in [9.17, 15) is 22.8 Å². The number of methoxy groups -OCH3 is 1. The summed E-state index contributed by atoms with van der Waals surface area (Å²) in [5, 5.41) is 2.77. The Morgan fingerprint density at radius 3 is 2.22 bits per heavy atom. The second kappa shape index (κ2) is 10.3. The number of amides is 4. The van der Waals surface area contributed by atoms with Gasteiger partial charge in [-0.25, -0.2) is 13.2 Å². The molecule has 0 aromatic heterocycles. The number of sulfonamides is 1. The topological polar surface area (TPSA) is 116 Å². The van der Waals surface area contributed by atoms with Gasteiger partial charge in [-0.05, 0) is 29.7 Å². The molecule has 0 unspecified atom stereocenters. The van der Waals surface area contributed by atoms with E-state index >= 15 is 0 Å². The van der Waals surface area contributed by atoms with Crippen molar-refractivity contribution < 1.29 is 27.5 Å². The van der Waals surface area contributed by atoms with Crippen LogP contribution in [0.15, 0.2) is 54.6 Å². The van der Waals surface area contributed by atoms with Crippen LogP contribution in [0, 0.1) is 0 Å². The van der Waals surface area contributed by atoms with Crippen molar-refractivity contribution in [2.45, 2.75) is 24.6 Å². The van der Waals surface area contributed by atoms with Crippen LogP contribution in [0.4, 0.5) is 4.79 Å². The molecule has 2 aliphatic rings. The SMILES string of the molecule is CC[C@]1(c2ccc(OC)cc2)NC(=O)N(CC(=O)N2CCN(S(=O)(=O)Cc3ccccc3)CC2)C1=O. The first-order chi connectivity index (χ1) is 17.2. The first-order valence-corrected chi connectivity index (χ1v) is 13.4. The van der Waals surface area contributed by atoms with Crippen LogP contribution in [0.25, 0.3) is 0 Å². The molecule has 36 heavy (non-hydrogen) atoms. The van der Waals surface area contributed by atoms with Crippen molar-refractivity contribution in [3.8, 4) is 5.75 Å². The second-order valence-electron chi connectivity index (χ2n) is 8.83. The lowest BCUT2D eigenvalue weighted by Gasteiger charge is -2.34. The van der Waals surface area contributed by atoms with E-state index in [0.29, 0.717) is 23.3 Å². The summed E-state index contributed by atoms with van der Waals surface area (Å²) in [6.45, 7) is 2.08. The summed E-state index contributed by atoms with van der Waals surface area (Å²) in [5.74, 6) is -0.370. The Kier molecular flexibility index (Phi) is 7.32. The zero-order valence-electron chi connectivity index (χ0n) is 20.3. The highest BCUT2D eigenvalue weighted by atomic mass is 32.2. The number of nitrogens with zero attached hydrogens (tertiary/aromatic N) is 3. The van der Waals surface area contributed by atoms with Crippen LogP contribution in [-0.4, -0.2) is 80.2 Å². The average molecular weight is 515 g/mol. The fraction of sp³-hybridized carbons (Fsp3) is 0.400. The van der Waals surface area contributed by atoms with Crippen molar-refractivity contribution in [3.63, 3.8) is 0 Å². The van der Waals surface area contributed by atoms with Gasteiger partial charge in [-0.2, -0.15) is 4.31 Å². The molecule has 2 heterocycles. The Bertz CT molecular complexity index is 1230. The standard InChI is InChI=1S/C25H30N4O6S/c1-3-25(20-9-11-21(35-2)12-10-20)23(31)29(24(32)26-25)17-22(30)27-13-15-28(16-14-27)36(33,34)18-19-7-5-4-6-8-19/h4-12H,3,13-18H2,1-2H3,(H,26,32)/t25-/m1/s1. The number of imide groups is 1. The van der Waals surface area contributed by atoms with Crippen molar-refractivity contribution in [1.29, 1.82) is 0 Å². The van der Waals surface area contributed by atoms with Crippen LogP contribution < -0.4 is 10.1 Å². The number of ether oxygens (including phenoxy) is 1. The largest absolute Gasteiger partial charge is 0.497 e. The molecule has 10 nitrogen and oxygen atoms in total. The van der Waals surface area contributed by atoms with Gasteiger partial charge in [0.1, 0.15) is 17.8 Å². The summed E-state index contributed by atoms with van der Waals surface area (Å²) in [4.78, 5) is 41.5.